The monoisotopic (exact) mass is 101 g/mol. The van der Waals surface area contributed by atoms with E-state index in [2.05, 4.69) is 29.7 Å². The molecule has 0 radical (unpaired) electrons. The van der Waals surface area contributed by atoms with Gasteiger partial charge in [0.15, 0.2) is 0 Å². The standard InChI is InChI=1S/C4H11N3/c1-4-6-5-3-7(4)2/h4-6H,3H2,1-2H3/t4-/m0/s1. The molecule has 1 heterocycles. The van der Waals surface area contributed by atoms with Gasteiger partial charge in [-0.25, -0.2) is 10.9 Å². The van der Waals surface area contributed by atoms with Gasteiger partial charge in [0, 0.05) is 0 Å². The Morgan fingerprint density at radius 3 is 2.57 bits per heavy atom. The molecule has 0 aromatic carbocycles. The highest BCUT2D eigenvalue weighted by molar-refractivity contribution is 4.61. The topological polar surface area (TPSA) is 27.3 Å². The van der Waals surface area contributed by atoms with E-state index in [0.717, 1.165) is 6.67 Å². The third-order valence-electron chi connectivity index (χ3n) is 1.30. The summed E-state index contributed by atoms with van der Waals surface area (Å²) in [6.07, 6.45) is 0.486. The second-order valence-electron chi connectivity index (χ2n) is 1.91. The molecule has 3 heteroatoms. The van der Waals surface area contributed by atoms with Crippen molar-refractivity contribution in [3.05, 3.63) is 0 Å². The van der Waals surface area contributed by atoms with Crippen LogP contribution in [0.15, 0.2) is 0 Å². The first-order valence-corrected chi connectivity index (χ1v) is 2.49. The maximum absolute atomic E-state index is 3.05. The fourth-order valence-corrected chi connectivity index (χ4v) is 0.565. The quantitative estimate of drug-likeness (QED) is 0.424. The van der Waals surface area contributed by atoms with E-state index in [1.807, 2.05) is 0 Å². The lowest BCUT2D eigenvalue weighted by Crippen LogP contribution is -2.31. The summed E-state index contributed by atoms with van der Waals surface area (Å²) in [5, 5.41) is 0. The summed E-state index contributed by atoms with van der Waals surface area (Å²) in [4.78, 5) is 2.18. The van der Waals surface area contributed by atoms with Gasteiger partial charge < -0.3 is 0 Å². The Hall–Kier alpha value is -0.120. The third-order valence-corrected chi connectivity index (χ3v) is 1.30. The summed E-state index contributed by atoms with van der Waals surface area (Å²) in [5.74, 6) is 0. The number of nitrogens with one attached hydrogen (secondary N) is 2. The Bertz CT molecular complexity index is 56.0. The summed E-state index contributed by atoms with van der Waals surface area (Å²) in [7, 11) is 2.07. The Balaban J connectivity index is 2.33. The Morgan fingerprint density at radius 1 is 1.71 bits per heavy atom. The largest absolute Gasteiger partial charge is 0.276 e. The lowest BCUT2D eigenvalue weighted by Gasteiger charge is -2.09. The number of nitrogens with zero attached hydrogens (tertiary/aromatic N) is 1. The molecule has 0 bridgehead atoms. The maximum Gasteiger partial charge on any atom is 0.0708 e. The number of hydrogen-bond donors (Lipinski definition) is 2. The second-order valence-corrected chi connectivity index (χ2v) is 1.91. The van der Waals surface area contributed by atoms with Gasteiger partial charge in [-0.3, -0.25) is 4.90 Å². The van der Waals surface area contributed by atoms with E-state index in [-0.39, 0.29) is 0 Å². The van der Waals surface area contributed by atoms with Crippen LogP contribution in [0.3, 0.4) is 0 Å². The molecule has 7 heavy (non-hydrogen) atoms. The van der Waals surface area contributed by atoms with Crippen LogP contribution in [0.5, 0.6) is 0 Å². The van der Waals surface area contributed by atoms with Gasteiger partial charge in [-0.15, -0.1) is 0 Å². The van der Waals surface area contributed by atoms with Gasteiger partial charge in [-0.05, 0) is 14.0 Å². The summed E-state index contributed by atoms with van der Waals surface area (Å²) >= 11 is 0. The van der Waals surface area contributed by atoms with Crippen molar-refractivity contribution in [2.75, 3.05) is 13.7 Å². The lowest BCUT2D eigenvalue weighted by atomic mass is 10.6. The first-order chi connectivity index (χ1) is 3.30. The van der Waals surface area contributed by atoms with Gasteiger partial charge in [-0.2, -0.15) is 0 Å². The fraction of sp³-hybridized carbons (Fsp3) is 1.00. The molecule has 1 aliphatic rings. The molecule has 0 aromatic rings. The first-order valence-electron chi connectivity index (χ1n) is 2.49. The fourth-order valence-electron chi connectivity index (χ4n) is 0.565. The number of rotatable bonds is 0. The molecular formula is C4H11N3. The van der Waals surface area contributed by atoms with Gasteiger partial charge in [0.1, 0.15) is 0 Å². The molecular weight excluding hydrogens is 90.1 g/mol. The minimum Gasteiger partial charge on any atom is -0.276 e. The average molecular weight is 101 g/mol. The second kappa shape index (κ2) is 1.78. The molecule has 0 aromatic heterocycles. The molecule has 1 rings (SSSR count). The zero-order valence-corrected chi connectivity index (χ0v) is 4.73. The van der Waals surface area contributed by atoms with Crippen LogP contribution in [-0.4, -0.2) is 24.8 Å². The highest BCUT2D eigenvalue weighted by atomic mass is 15.6. The Kier molecular flexibility index (Phi) is 1.27. The van der Waals surface area contributed by atoms with E-state index < -0.39 is 0 Å². The van der Waals surface area contributed by atoms with Crippen molar-refractivity contribution in [3.8, 4) is 0 Å². The van der Waals surface area contributed by atoms with Crippen molar-refractivity contribution in [2.24, 2.45) is 0 Å². The zero-order valence-electron chi connectivity index (χ0n) is 4.73. The first kappa shape index (κ1) is 5.03. The van der Waals surface area contributed by atoms with E-state index in [0.29, 0.717) is 6.17 Å². The van der Waals surface area contributed by atoms with Crippen molar-refractivity contribution in [2.45, 2.75) is 13.1 Å². The zero-order chi connectivity index (χ0) is 5.28. The molecule has 42 valence electrons. The molecule has 0 aliphatic carbocycles. The summed E-state index contributed by atoms with van der Waals surface area (Å²) in [6, 6.07) is 0. The molecule has 0 amide bonds. The van der Waals surface area contributed by atoms with Crippen molar-refractivity contribution in [1.82, 2.24) is 15.8 Å². The Labute approximate surface area is 43.7 Å². The van der Waals surface area contributed by atoms with Gasteiger partial charge in [0.05, 0.1) is 12.8 Å². The van der Waals surface area contributed by atoms with E-state index in [1.54, 1.807) is 0 Å². The van der Waals surface area contributed by atoms with Gasteiger partial charge in [-0.1, -0.05) is 0 Å². The van der Waals surface area contributed by atoms with Gasteiger partial charge in [0.2, 0.25) is 0 Å². The summed E-state index contributed by atoms with van der Waals surface area (Å²) < 4.78 is 0. The van der Waals surface area contributed by atoms with Crippen LogP contribution in [0.4, 0.5) is 0 Å². The van der Waals surface area contributed by atoms with E-state index in [1.165, 1.54) is 0 Å². The number of hydrogen-bond acceptors (Lipinski definition) is 3. The highest BCUT2D eigenvalue weighted by Crippen LogP contribution is 1.90. The lowest BCUT2D eigenvalue weighted by molar-refractivity contribution is 0.315. The maximum atomic E-state index is 3.05. The predicted octanol–water partition coefficient (Wildman–Crippen LogP) is -0.670. The van der Waals surface area contributed by atoms with E-state index in [9.17, 15) is 0 Å². The van der Waals surface area contributed by atoms with Crippen LogP contribution in [0.2, 0.25) is 0 Å². The van der Waals surface area contributed by atoms with Gasteiger partial charge in [0.25, 0.3) is 0 Å². The highest BCUT2D eigenvalue weighted by Gasteiger charge is 2.12. The van der Waals surface area contributed by atoms with Crippen molar-refractivity contribution in [3.63, 3.8) is 0 Å². The van der Waals surface area contributed by atoms with Crippen LogP contribution >= 0.6 is 0 Å². The number of hydrazine groups is 1. The molecule has 1 aliphatic heterocycles. The molecule has 1 atom stereocenters. The average Bonchev–Trinajstić information content (AvgIpc) is 1.91. The predicted molar refractivity (Wildman–Crippen MR) is 28.4 cm³/mol. The van der Waals surface area contributed by atoms with Crippen molar-refractivity contribution >= 4 is 0 Å². The Morgan fingerprint density at radius 2 is 2.43 bits per heavy atom. The van der Waals surface area contributed by atoms with Crippen LogP contribution < -0.4 is 10.9 Å². The van der Waals surface area contributed by atoms with Crippen LogP contribution in [-0.2, 0) is 0 Å². The molecule has 3 nitrogen and oxygen atoms in total. The minimum atomic E-state index is 0.486. The molecule has 1 fully saturated rings. The van der Waals surface area contributed by atoms with Crippen molar-refractivity contribution < 1.29 is 0 Å². The molecule has 1 saturated heterocycles. The molecule has 0 unspecified atom stereocenters. The normalized spacial score (nSPS) is 34.3. The third kappa shape index (κ3) is 0.907. The minimum absolute atomic E-state index is 0.486. The SMILES string of the molecule is C[C@H]1NNCN1C. The molecule has 2 N–H and O–H groups in total. The van der Waals surface area contributed by atoms with E-state index in [4.69, 9.17) is 0 Å². The van der Waals surface area contributed by atoms with Crippen molar-refractivity contribution in [1.29, 1.82) is 0 Å². The smallest absolute Gasteiger partial charge is 0.0708 e. The van der Waals surface area contributed by atoms with Crippen LogP contribution in [0.25, 0.3) is 0 Å². The van der Waals surface area contributed by atoms with Crippen LogP contribution in [0, 0.1) is 0 Å². The van der Waals surface area contributed by atoms with E-state index >= 15 is 0 Å². The molecule has 0 saturated carbocycles. The summed E-state index contributed by atoms with van der Waals surface area (Å²) in [5.41, 5.74) is 6.04. The summed E-state index contributed by atoms with van der Waals surface area (Å²) in [6.45, 7) is 3.06. The molecule has 0 spiro atoms. The van der Waals surface area contributed by atoms with Gasteiger partial charge >= 0.3 is 0 Å². The van der Waals surface area contributed by atoms with Crippen LogP contribution in [0.1, 0.15) is 6.92 Å².